The maximum atomic E-state index is 2.69. The number of hydrogen-bond donors (Lipinski definition) is 0. The maximum absolute atomic E-state index is 2.69. The quantitative estimate of drug-likeness (QED) is 0.386. The zero-order valence-electron chi connectivity index (χ0n) is 18.9. The Labute approximate surface area is 181 Å². The second-order valence-corrected chi connectivity index (χ2v) is 7.42. The van der Waals surface area contributed by atoms with E-state index in [0.717, 1.165) is 0 Å². The van der Waals surface area contributed by atoms with Crippen molar-refractivity contribution < 1.29 is 20.3 Å². The summed E-state index contributed by atoms with van der Waals surface area (Å²) in [5.74, 6) is 0.525. The van der Waals surface area contributed by atoms with Gasteiger partial charge in [-0.15, -0.1) is 0 Å². The fourth-order valence-corrected chi connectivity index (χ4v) is 3.68. The van der Waals surface area contributed by atoms with E-state index in [2.05, 4.69) is 79.4 Å². The van der Waals surface area contributed by atoms with Crippen LogP contribution in [0.1, 0.15) is 77.3 Å². The number of benzene rings is 2. The van der Waals surface area contributed by atoms with Gasteiger partial charge in [0.05, 0.1) is 0 Å². The summed E-state index contributed by atoms with van der Waals surface area (Å²) in [5.41, 5.74) is 2.90. The van der Waals surface area contributed by atoms with Gasteiger partial charge in [0, 0.05) is 5.92 Å². The first-order chi connectivity index (χ1) is 12.8. The average molecular weight is 360 g/mol. The first-order valence-electron chi connectivity index (χ1n) is 10.7. The van der Waals surface area contributed by atoms with Gasteiger partial charge in [0.2, 0.25) is 0 Å². The third-order valence-corrected chi connectivity index (χ3v) is 5.28. The van der Waals surface area contributed by atoms with Gasteiger partial charge in [0.25, 0.3) is 0 Å². The molecule has 27 heavy (non-hydrogen) atoms. The van der Waals surface area contributed by atoms with Crippen LogP contribution in [0.5, 0.6) is 0 Å². The van der Waals surface area contributed by atoms with Gasteiger partial charge in [-0.1, -0.05) is 93.8 Å². The van der Waals surface area contributed by atoms with Crippen molar-refractivity contribution >= 4 is 0 Å². The minimum absolute atomic E-state index is 0. The van der Waals surface area contributed by atoms with Crippen molar-refractivity contribution in [3.05, 3.63) is 71.8 Å². The molecule has 0 atom stereocenters. The summed E-state index contributed by atoms with van der Waals surface area (Å²) in [6, 6.07) is 22.0. The average Bonchev–Trinajstić information content (AvgIpc) is 2.70. The minimum atomic E-state index is 0. The molecule has 0 radical (unpaired) electrons. The number of nitrogens with zero attached hydrogens (tertiary/aromatic N) is 1. The van der Waals surface area contributed by atoms with Crippen LogP contribution in [0.25, 0.3) is 0 Å². The molecule has 0 heterocycles. The first kappa shape index (κ1) is 24.0. The van der Waals surface area contributed by atoms with Crippen molar-refractivity contribution in [2.24, 2.45) is 0 Å². The predicted octanol–water partition coefficient (Wildman–Crippen LogP) is 4.01. The van der Waals surface area contributed by atoms with Gasteiger partial charge in [-0.05, 0) is 56.4 Å². The molecule has 2 aromatic carbocycles. The molecule has 0 saturated carbocycles. The maximum Gasteiger partial charge on any atom is 1.00 e. The Morgan fingerprint density at radius 3 is 1.56 bits per heavy atom. The fourth-order valence-electron chi connectivity index (χ4n) is 3.68. The van der Waals surface area contributed by atoms with Crippen molar-refractivity contribution in [2.45, 2.75) is 64.7 Å². The molecule has 0 unspecified atom stereocenters. The molecule has 144 valence electrons. The molecule has 2 heteroatoms. The van der Waals surface area contributed by atoms with Crippen LogP contribution in [0.3, 0.4) is 0 Å². The van der Waals surface area contributed by atoms with Gasteiger partial charge >= 0.3 is 18.9 Å². The number of hydrogen-bond acceptors (Lipinski definition) is 1. The topological polar surface area (TPSA) is 3.24 Å². The Bertz CT molecular complexity index is 528. The molecule has 0 amide bonds. The zero-order chi connectivity index (χ0) is 18.5. The smallest absolute Gasteiger partial charge is 1.00 e. The van der Waals surface area contributed by atoms with Crippen LogP contribution in [-0.2, 0) is 0 Å². The largest absolute Gasteiger partial charge is 1.00 e. The molecule has 0 spiro atoms. The van der Waals surface area contributed by atoms with E-state index in [1.807, 2.05) is 0 Å². The molecule has 0 aliphatic heterocycles. The summed E-state index contributed by atoms with van der Waals surface area (Å²) in [6.45, 7) is 8.40. The normalized spacial score (nSPS) is 11.0. The van der Waals surface area contributed by atoms with Gasteiger partial charge in [-0.3, -0.25) is 0 Å². The van der Waals surface area contributed by atoms with E-state index in [9.17, 15) is 0 Å². The summed E-state index contributed by atoms with van der Waals surface area (Å²) in [7, 11) is 0. The Balaban J connectivity index is 0.00000364. The van der Waals surface area contributed by atoms with Gasteiger partial charge in [0.15, 0.2) is 0 Å². The summed E-state index contributed by atoms with van der Waals surface area (Å²) >= 11 is 0. The van der Waals surface area contributed by atoms with E-state index >= 15 is 0 Å². The zero-order valence-corrected chi connectivity index (χ0v) is 17.9. The molecule has 0 bridgehead atoms. The molecule has 0 fully saturated rings. The van der Waals surface area contributed by atoms with E-state index in [0.29, 0.717) is 5.92 Å². The summed E-state index contributed by atoms with van der Waals surface area (Å²) in [5, 5.41) is 0. The third kappa shape index (κ3) is 9.16. The molecule has 0 aliphatic carbocycles. The van der Waals surface area contributed by atoms with Crippen LogP contribution < -0.4 is 18.9 Å². The van der Waals surface area contributed by atoms with E-state index in [-0.39, 0.29) is 20.3 Å². The van der Waals surface area contributed by atoms with Crippen LogP contribution in [-0.4, -0.2) is 24.5 Å². The molecule has 2 rings (SSSR count). The number of unbranched alkanes of at least 4 members (excludes halogenated alkanes) is 3. The van der Waals surface area contributed by atoms with Crippen molar-refractivity contribution in [1.82, 2.24) is 4.90 Å². The molecule has 0 aliphatic rings. The summed E-state index contributed by atoms with van der Waals surface area (Å²) in [4.78, 5) is 2.69. The Morgan fingerprint density at radius 2 is 1.11 bits per heavy atom. The molecule has 0 N–H and O–H groups in total. The van der Waals surface area contributed by atoms with Crippen molar-refractivity contribution in [2.75, 3.05) is 19.6 Å². The molecule has 0 aromatic heterocycles. The van der Waals surface area contributed by atoms with Gasteiger partial charge in [-0.2, -0.15) is 0 Å². The van der Waals surface area contributed by atoms with Gasteiger partial charge in [0.1, 0.15) is 0 Å². The van der Waals surface area contributed by atoms with E-state index in [1.54, 1.807) is 0 Å². The van der Waals surface area contributed by atoms with E-state index in [4.69, 9.17) is 0 Å². The fraction of sp³-hybridized carbons (Fsp3) is 0.520. The molecule has 2 aromatic rings. The second kappa shape index (κ2) is 15.0. The van der Waals surface area contributed by atoms with Crippen LogP contribution in [0.2, 0.25) is 0 Å². The first-order valence-corrected chi connectivity index (χ1v) is 10.7. The predicted molar refractivity (Wildman–Crippen MR) is 116 cm³/mol. The van der Waals surface area contributed by atoms with Crippen molar-refractivity contribution in [3.8, 4) is 0 Å². The SMILES string of the molecule is CCCCN(CCCC)CCCCC(c1ccccc1)c1ccccc1.[H-].[Li+]. The van der Waals surface area contributed by atoms with Crippen LogP contribution in [0.15, 0.2) is 60.7 Å². The standard InChI is InChI=1S/C25H37N.Li.H/c1-3-5-20-26(21-6-4-2)22-14-13-19-25(23-15-9-7-10-16-23)24-17-11-8-12-18-24;;/h7-12,15-18,25H,3-6,13-14,19-22H2,1-2H3;;/q;+1;-1. The van der Waals surface area contributed by atoms with E-state index in [1.165, 1.54) is 75.7 Å². The summed E-state index contributed by atoms with van der Waals surface area (Å²) in [6.07, 6.45) is 9.11. The second-order valence-electron chi connectivity index (χ2n) is 7.42. The monoisotopic (exact) mass is 359 g/mol. The molecular formula is C25H38LiN. The van der Waals surface area contributed by atoms with Crippen LogP contribution in [0.4, 0.5) is 0 Å². The van der Waals surface area contributed by atoms with Crippen LogP contribution >= 0.6 is 0 Å². The Kier molecular flexibility index (Phi) is 13.3. The third-order valence-electron chi connectivity index (χ3n) is 5.28. The Morgan fingerprint density at radius 1 is 0.667 bits per heavy atom. The van der Waals surface area contributed by atoms with Crippen LogP contribution in [0, 0.1) is 0 Å². The van der Waals surface area contributed by atoms with Gasteiger partial charge in [-0.25, -0.2) is 0 Å². The van der Waals surface area contributed by atoms with Gasteiger partial charge < -0.3 is 6.33 Å². The van der Waals surface area contributed by atoms with Crippen molar-refractivity contribution in [3.63, 3.8) is 0 Å². The summed E-state index contributed by atoms with van der Waals surface area (Å²) < 4.78 is 0. The Hall–Kier alpha value is -1.00. The number of rotatable bonds is 13. The molecule has 0 saturated heterocycles. The molecular weight excluding hydrogens is 321 g/mol. The molecule has 1 nitrogen and oxygen atoms in total. The minimum Gasteiger partial charge on any atom is -1.00 e. The van der Waals surface area contributed by atoms with E-state index < -0.39 is 0 Å². The van der Waals surface area contributed by atoms with Crippen molar-refractivity contribution in [1.29, 1.82) is 0 Å².